The third-order valence-corrected chi connectivity index (χ3v) is 2.98. The molecule has 2 rings (SSSR count). The second-order valence-corrected chi connectivity index (χ2v) is 4.07. The maximum absolute atomic E-state index is 8.96. The summed E-state index contributed by atoms with van der Waals surface area (Å²) in [4.78, 5) is 2.20. The van der Waals surface area contributed by atoms with E-state index in [0.717, 1.165) is 25.9 Å². The van der Waals surface area contributed by atoms with E-state index in [1.54, 1.807) is 0 Å². The summed E-state index contributed by atoms with van der Waals surface area (Å²) in [6, 6.07) is 12.1. The molecule has 1 aromatic rings. The first-order valence-electron chi connectivity index (χ1n) is 5.46. The second kappa shape index (κ2) is 4.79. The van der Waals surface area contributed by atoms with Gasteiger partial charge in [-0.15, -0.1) is 0 Å². The fourth-order valence-corrected chi connectivity index (χ4v) is 2.08. The maximum Gasteiger partial charge on any atom is 0.0991 e. The largest absolute Gasteiger partial charge is 0.284 e. The summed E-state index contributed by atoms with van der Waals surface area (Å²) in [6.07, 6.45) is 2.08. The van der Waals surface area contributed by atoms with Gasteiger partial charge in [0.25, 0.3) is 0 Å². The molecule has 1 fully saturated rings. The monoisotopic (exact) mass is 211 g/mol. The van der Waals surface area contributed by atoms with E-state index < -0.39 is 0 Å². The molecule has 0 bridgehead atoms. The van der Waals surface area contributed by atoms with Crippen LogP contribution in [0.4, 0.5) is 0 Å². The van der Waals surface area contributed by atoms with Crippen molar-refractivity contribution in [1.29, 1.82) is 10.5 Å². The van der Waals surface area contributed by atoms with E-state index in [-0.39, 0.29) is 6.04 Å². The number of nitriles is 2. The minimum Gasteiger partial charge on any atom is -0.284 e. The van der Waals surface area contributed by atoms with Crippen LogP contribution in [0.3, 0.4) is 0 Å². The normalized spacial score (nSPS) is 20.2. The molecule has 1 heterocycles. The van der Waals surface area contributed by atoms with Crippen LogP contribution in [0.15, 0.2) is 24.3 Å². The van der Waals surface area contributed by atoms with Crippen LogP contribution < -0.4 is 0 Å². The first-order chi connectivity index (χ1) is 7.83. The van der Waals surface area contributed by atoms with Crippen molar-refractivity contribution < 1.29 is 0 Å². The van der Waals surface area contributed by atoms with Crippen molar-refractivity contribution >= 4 is 0 Å². The summed E-state index contributed by atoms with van der Waals surface area (Å²) in [6.45, 7) is 1.81. The highest BCUT2D eigenvalue weighted by molar-refractivity contribution is 5.31. The Morgan fingerprint density at radius 2 is 2.00 bits per heavy atom. The minimum atomic E-state index is 0.0654. The molecule has 3 nitrogen and oxygen atoms in total. The van der Waals surface area contributed by atoms with Crippen LogP contribution in [0.25, 0.3) is 0 Å². The van der Waals surface area contributed by atoms with Gasteiger partial charge < -0.3 is 0 Å². The van der Waals surface area contributed by atoms with Gasteiger partial charge in [0.1, 0.15) is 0 Å². The molecule has 0 aromatic heterocycles. The molecule has 0 N–H and O–H groups in total. The standard InChI is InChI=1S/C13H13N3/c14-8-11-3-5-12(6-4-11)10-16-7-1-2-13(16)9-15/h3-6,13H,1-2,7,10H2. The molecule has 1 aromatic carbocycles. The van der Waals surface area contributed by atoms with Crippen LogP contribution >= 0.6 is 0 Å². The van der Waals surface area contributed by atoms with Gasteiger partial charge in [0.2, 0.25) is 0 Å². The summed E-state index contributed by atoms with van der Waals surface area (Å²) in [5, 5.41) is 17.7. The molecule has 16 heavy (non-hydrogen) atoms. The molecule has 3 heteroatoms. The average molecular weight is 211 g/mol. The Morgan fingerprint density at radius 1 is 1.25 bits per heavy atom. The van der Waals surface area contributed by atoms with Crippen LogP contribution in [-0.4, -0.2) is 17.5 Å². The van der Waals surface area contributed by atoms with E-state index in [1.807, 2.05) is 24.3 Å². The van der Waals surface area contributed by atoms with Crippen LogP contribution in [0, 0.1) is 22.7 Å². The predicted octanol–water partition coefficient (Wildman–Crippen LogP) is 2.05. The summed E-state index contributed by atoms with van der Waals surface area (Å²) >= 11 is 0. The number of hydrogen-bond donors (Lipinski definition) is 0. The minimum absolute atomic E-state index is 0.0654. The number of rotatable bonds is 2. The van der Waals surface area contributed by atoms with Gasteiger partial charge in [-0.3, -0.25) is 4.90 Å². The number of nitrogens with zero attached hydrogens (tertiary/aromatic N) is 3. The third-order valence-electron chi connectivity index (χ3n) is 2.98. The van der Waals surface area contributed by atoms with E-state index in [2.05, 4.69) is 17.0 Å². The van der Waals surface area contributed by atoms with E-state index in [9.17, 15) is 0 Å². The van der Waals surface area contributed by atoms with Gasteiger partial charge in [-0.25, -0.2) is 0 Å². The molecular weight excluding hydrogens is 198 g/mol. The van der Waals surface area contributed by atoms with Crippen molar-refractivity contribution in [3.63, 3.8) is 0 Å². The molecule has 1 atom stereocenters. The molecule has 1 unspecified atom stereocenters. The highest BCUT2D eigenvalue weighted by Crippen LogP contribution is 2.19. The predicted molar refractivity (Wildman–Crippen MR) is 60.2 cm³/mol. The summed E-state index contributed by atoms with van der Waals surface area (Å²) < 4.78 is 0. The first-order valence-corrected chi connectivity index (χ1v) is 5.46. The van der Waals surface area contributed by atoms with Gasteiger partial charge in [-0.05, 0) is 37.1 Å². The lowest BCUT2D eigenvalue weighted by molar-refractivity contribution is 0.286. The Morgan fingerprint density at radius 3 is 2.62 bits per heavy atom. The van der Waals surface area contributed by atoms with Gasteiger partial charge in [-0.2, -0.15) is 10.5 Å². The maximum atomic E-state index is 8.96. The Kier molecular flexibility index (Phi) is 3.19. The van der Waals surface area contributed by atoms with Crippen molar-refractivity contribution in [3.05, 3.63) is 35.4 Å². The van der Waals surface area contributed by atoms with Crippen LogP contribution in [0.2, 0.25) is 0 Å². The van der Waals surface area contributed by atoms with E-state index in [4.69, 9.17) is 10.5 Å². The van der Waals surface area contributed by atoms with Crippen molar-refractivity contribution in [3.8, 4) is 12.1 Å². The molecule has 0 saturated carbocycles. The number of likely N-dealkylation sites (tertiary alicyclic amines) is 1. The van der Waals surface area contributed by atoms with Gasteiger partial charge in [-0.1, -0.05) is 12.1 Å². The quantitative estimate of drug-likeness (QED) is 0.752. The highest BCUT2D eigenvalue weighted by atomic mass is 15.2. The van der Waals surface area contributed by atoms with Crippen molar-refractivity contribution in [1.82, 2.24) is 4.90 Å². The number of hydrogen-bond acceptors (Lipinski definition) is 3. The SMILES string of the molecule is N#Cc1ccc(CN2CCCC2C#N)cc1. The van der Waals surface area contributed by atoms with E-state index in [1.165, 1.54) is 5.56 Å². The lowest BCUT2D eigenvalue weighted by atomic mass is 10.1. The molecule has 0 amide bonds. The fraction of sp³-hybridized carbons (Fsp3) is 0.385. The van der Waals surface area contributed by atoms with E-state index >= 15 is 0 Å². The second-order valence-electron chi connectivity index (χ2n) is 4.07. The number of benzene rings is 1. The van der Waals surface area contributed by atoms with Crippen LogP contribution in [0.5, 0.6) is 0 Å². The van der Waals surface area contributed by atoms with Gasteiger partial charge in [0.05, 0.1) is 23.7 Å². The summed E-state index contributed by atoms with van der Waals surface area (Å²) in [5.41, 5.74) is 1.85. The molecule has 80 valence electrons. The van der Waals surface area contributed by atoms with Crippen molar-refractivity contribution in [2.45, 2.75) is 25.4 Å². The van der Waals surface area contributed by atoms with Crippen LogP contribution in [0.1, 0.15) is 24.0 Å². The summed E-state index contributed by atoms with van der Waals surface area (Å²) in [7, 11) is 0. The van der Waals surface area contributed by atoms with Gasteiger partial charge in [0.15, 0.2) is 0 Å². The zero-order valence-electron chi connectivity index (χ0n) is 9.06. The smallest absolute Gasteiger partial charge is 0.0991 e. The highest BCUT2D eigenvalue weighted by Gasteiger charge is 2.23. The zero-order chi connectivity index (χ0) is 11.4. The molecular formula is C13H13N3. The van der Waals surface area contributed by atoms with Gasteiger partial charge in [0, 0.05) is 6.54 Å². The first kappa shape index (κ1) is 10.7. The molecule has 0 radical (unpaired) electrons. The average Bonchev–Trinajstić information content (AvgIpc) is 2.77. The lowest BCUT2D eigenvalue weighted by Crippen LogP contribution is -2.27. The Labute approximate surface area is 95.5 Å². The molecule has 0 aliphatic carbocycles. The van der Waals surface area contributed by atoms with Crippen LogP contribution in [-0.2, 0) is 6.54 Å². The molecule has 1 aliphatic heterocycles. The van der Waals surface area contributed by atoms with Crippen molar-refractivity contribution in [2.24, 2.45) is 0 Å². The Balaban J connectivity index is 2.04. The lowest BCUT2D eigenvalue weighted by Gasteiger charge is -2.18. The fourth-order valence-electron chi connectivity index (χ4n) is 2.08. The van der Waals surface area contributed by atoms with Gasteiger partial charge >= 0.3 is 0 Å². The molecule has 1 aliphatic rings. The molecule has 1 saturated heterocycles. The topological polar surface area (TPSA) is 50.8 Å². The third kappa shape index (κ3) is 2.21. The van der Waals surface area contributed by atoms with Crippen molar-refractivity contribution in [2.75, 3.05) is 6.54 Å². The van der Waals surface area contributed by atoms with E-state index in [0.29, 0.717) is 5.56 Å². The molecule has 0 spiro atoms. The summed E-state index contributed by atoms with van der Waals surface area (Å²) in [5.74, 6) is 0. The Hall–Kier alpha value is -1.84. The zero-order valence-corrected chi connectivity index (χ0v) is 9.06. The Bertz CT molecular complexity index is 436.